The van der Waals surface area contributed by atoms with Crippen molar-refractivity contribution in [2.45, 2.75) is 181 Å². The van der Waals surface area contributed by atoms with E-state index < -0.39 is 6.10 Å². The van der Waals surface area contributed by atoms with Gasteiger partial charge < -0.3 is 19.7 Å². The lowest BCUT2D eigenvalue weighted by Crippen LogP contribution is -2.28. The topological polar surface area (TPSA) is 93.1 Å². The summed E-state index contributed by atoms with van der Waals surface area (Å²) < 4.78 is 10.6. The van der Waals surface area contributed by atoms with Gasteiger partial charge in [-0.05, 0) is 50.9 Å². The van der Waals surface area contributed by atoms with E-state index in [4.69, 9.17) is 9.47 Å². The van der Waals surface area contributed by atoms with Crippen LogP contribution in [0.15, 0.2) is 60.8 Å². The Kier molecular flexibility index (Phi) is 35.0. The van der Waals surface area contributed by atoms with Gasteiger partial charge in [-0.2, -0.15) is 0 Å². The van der Waals surface area contributed by atoms with Crippen molar-refractivity contribution in [3.63, 3.8) is 0 Å². The minimum Gasteiger partial charge on any atom is -0.462 e. The van der Waals surface area contributed by atoms with E-state index in [1.54, 1.807) is 6.08 Å². The minimum absolute atomic E-state index is 0.0985. The Morgan fingerprint density at radius 1 is 0.612 bits per heavy atom. The van der Waals surface area contributed by atoms with E-state index in [1.807, 2.05) is 19.1 Å². The highest BCUT2D eigenvalue weighted by atomic mass is 16.6. The lowest BCUT2D eigenvalue weighted by molar-refractivity contribution is -0.161. The number of rotatable bonds is 34. The number of hydrogen-bond donors (Lipinski definition) is 2. The van der Waals surface area contributed by atoms with Crippen molar-refractivity contribution in [1.82, 2.24) is 0 Å². The van der Waals surface area contributed by atoms with Crippen molar-refractivity contribution < 1.29 is 29.3 Å². The summed E-state index contributed by atoms with van der Waals surface area (Å²) in [5.74, 6) is 0.165. The van der Waals surface area contributed by atoms with E-state index in [-0.39, 0.29) is 37.7 Å². The normalized spacial score (nSPS) is 13.6. The molecule has 0 fully saturated rings. The summed E-state index contributed by atoms with van der Waals surface area (Å²) in [5.41, 5.74) is 0. The smallest absolute Gasteiger partial charge is 0.306 e. The van der Waals surface area contributed by atoms with Crippen LogP contribution in [0.1, 0.15) is 168 Å². The molecule has 0 heterocycles. The average molecular weight is 687 g/mol. The number of hydrogen-bond acceptors (Lipinski definition) is 6. The van der Waals surface area contributed by atoms with Gasteiger partial charge in [-0.3, -0.25) is 9.59 Å². The van der Waals surface area contributed by atoms with Gasteiger partial charge in [0.2, 0.25) is 0 Å². The van der Waals surface area contributed by atoms with Crippen molar-refractivity contribution in [1.29, 1.82) is 0 Å². The zero-order chi connectivity index (χ0) is 36.0. The highest BCUT2D eigenvalue weighted by Crippen LogP contribution is 2.15. The molecule has 0 radical (unpaired) electrons. The molecule has 0 saturated carbocycles. The lowest BCUT2D eigenvalue weighted by atomic mass is 10.0. The molecule has 0 amide bonds. The van der Waals surface area contributed by atoms with Gasteiger partial charge in [0.1, 0.15) is 6.61 Å². The molecular weight excluding hydrogens is 612 g/mol. The molecule has 0 aromatic rings. The summed E-state index contributed by atoms with van der Waals surface area (Å²) in [6.45, 7) is 6.11. The first-order valence-electron chi connectivity index (χ1n) is 19.8. The molecule has 0 aliphatic heterocycles. The summed E-state index contributed by atoms with van der Waals surface area (Å²) in [7, 11) is 0. The SMILES string of the molecule is CC[C@@H](O)/C=C/C=C\C/C=C\C/C=C\C/C=C\CCCC(=O)O[C@@H](CO)COC(=O)CCCCCCCCCCCCCCCCC(C)C. The van der Waals surface area contributed by atoms with Crippen LogP contribution in [0.25, 0.3) is 0 Å². The van der Waals surface area contributed by atoms with Gasteiger partial charge in [0.25, 0.3) is 0 Å². The highest BCUT2D eigenvalue weighted by molar-refractivity contribution is 5.70. The number of aliphatic hydroxyl groups is 2. The van der Waals surface area contributed by atoms with E-state index in [1.165, 1.54) is 77.0 Å². The molecule has 6 heteroatoms. The number of esters is 2. The van der Waals surface area contributed by atoms with Crippen LogP contribution < -0.4 is 0 Å². The molecule has 0 spiro atoms. The third-order valence-electron chi connectivity index (χ3n) is 8.41. The summed E-state index contributed by atoms with van der Waals surface area (Å²) in [6, 6.07) is 0. The van der Waals surface area contributed by atoms with Gasteiger partial charge in [0.15, 0.2) is 6.10 Å². The van der Waals surface area contributed by atoms with Gasteiger partial charge in [0, 0.05) is 12.8 Å². The van der Waals surface area contributed by atoms with E-state index in [0.29, 0.717) is 12.8 Å². The monoisotopic (exact) mass is 687 g/mol. The first kappa shape index (κ1) is 46.6. The first-order valence-corrected chi connectivity index (χ1v) is 19.8. The van der Waals surface area contributed by atoms with Gasteiger partial charge in [0.05, 0.1) is 12.7 Å². The van der Waals surface area contributed by atoms with Crippen LogP contribution in [0.3, 0.4) is 0 Å². The van der Waals surface area contributed by atoms with Gasteiger partial charge in [-0.15, -0.1) is 0 Å². The fourth-order valence-electron chi connectivity index (χ4n) is 5.25. The first-order chi connectivity index (χ1) is 23.9. The molecule has 0 bridgehead atoms. The van der Waals surface area contributed by atoms with E-state index in [0.717, 1.165) is 57.3 Å². The molecule has 0 saturated heterocycles. The second-order valence-corrected chi connectivity index (χ2v) is 13.7. The second kappa shape index (κ2) is 36.8. The van der Waals surface area contributed by atoms with Crippen molar-refractivity contribution in [2.75, 3.05) is 13.2 Å². The van der Waals surface area contributed by atoms with Crippen LogP contribution in [0.5, 0.6) is 0 Å². The van der Waals surface area contributed by atoms with Crippen molar-refractivity contribution >= 4 is 11.9 Å². The van der Waals surface area contributed by atoms with Gasteiger partial charge >= 0.3 is 11.9 Å². The molecule has 0 unspecified atom stereocenters. The predicted octanol–water partition coefficient (Wildman–Crippen LogP) is 11.2. The van der Waals surface area contributed by atoms with Crippen molar-refractivity contribution in [3.8, 4) is 0 Å². The Hall–Kier alpha value is -2.44. The number of ether oxygens (including phenoxy) is 2. The molecule has 6 nitrogen and oxygen atoms in total. The number of carbonyl (C=O) groups is 2. The van der Waals surface area contributed by atoms with Gasteiger partial charge in [-0.25, -0.2) is 0 Å². The van der Waals surface area contributed by atoms with E-state index in [2.05, 4.69) is 56.4 Å². The van der Waals surface area contributed by atoms with Crippen LogP contribution in [-0.2, 0) is 19.1 Å². The predicted molar refractivity (Wildman–Crippen MR) is 206 cm³/mol. The third-order valence-corrected chi connectivity index (χ3v) is 8.41. The quantitative estimate of drug-likeness (QED) is 0.0303. The zero-order valence-corrected chi connectivity index (χ0v) is 31.7. The Balaban J connectivity index is 3.68. The Morgan fingerprint density at radius 2 is 1.10 bits per heavy atom. The average Bonchev–Trinajstić information content (AvgIpc) is 3.09. The Labute approximate surface area is 301 Å². The minimum atomic E-state index is -0.812. The zero-order valence-electron chi connectivity index (χ0n) is 31.7. The Morgan fingerprint density at radius 3 is 1.63 bits per heavy atom. The summed E-state index contributed by atoms with van der Waals surface area (Å²) in [6.07, 6.45) is 43.8. The van der Waals surface area contributed by atoms with E-state index >= 15 is 0 Å². The van der Waals surface area contributed by atoms with Crippen LogP contribution >= 0.6 is 0 Å². The number of carbonyl (C=O) groups excluding carboxylic acids is 2. The Bertz CT molecular complexity index is 900. The maximum atomic E-state index is 12.1. The van der Waals surface area contributed by atoms with E-state index in [9.17, 15) is 19.8 Å². The van der Waals surface area contributed by atoms with Crippen LogP contribution in [-0.4, -0.2) is 47.6 Å². The fraction of sp³-hybridized carbons (Fsp3) is 0.721. The molecule has 0 aromatic carbocycles. The second-order valence-electron chi connectivity index (χ2n) is 13.7. The van der Waals surface area contributed by atoms with Crippen LogP contribution in [0.2, 0.25) is 0 Å². The van der Waals surface area contributed by atoms with Crippen molar-refractivity contribution in [2.24, 2.45) is 5.92 Å². The summed E-state index contributed by atoms with van der Waals surface area (Å²) in [5, 5.41) is 19.0. The lowest BCUT2D eigenvalue weighted by Gasteiger charge is -2.15. The standard InChI is InChI=1S/C43H74O6/c1-4-40(45)34-30-26-22-18-14-10-6-8-12-16-20-24-28-32-36-43(47)49-41(37-44)38-48-42(46)35-31-27-23-19-15-11-7-5-9-13-17-21-25-29-33-39(2)3/h8,10,12,14,20,22,24,26,30,34,39-41,44-45H,4-7,9,11,13,15-19,21,23,25,27-29,31-33,35-38H2,1-3H3/b12-8-,14-10-,24-20-,26-22-,34-30+/t40-,41+/m1/s1. The number of aliphatic hydroxyl groups excluding tert-OH is 2. The van der Waals surface area contributed by atoms with Crippen LogP contribution in [0.4, 0.5) is 0 Å². The highest BCUT2D eigenvalue weighted by Gasteiger charge is 2.16. The molecule has 0 aliphatic carbocycles. The summed E-state index contributed by atoms with van der Waals surface area (Å²) >= 11 is 0. The number of unbranched alkanes of at least 4 members (excludes halogenated alkanes) is 14. The van der Waals surface area contributed by atoms with Crippen molar-refractivity contribution in [3.05, 3.63) is 60.8 Å². The molecular formula is C43H74O6. The fourth-order valence-corrected chi connectivity index (χ4v) is 5.25. The molecule has 0 aliphatic rings. The molecule has 2 atom stereocenters. The summed E-state index contributed by atoms with van der Waals surface area (Å²) in [4.78, 5) is 24.2. The van der Waals surface area contributed by atoms with Crippen LogP contribution in [0, 0.1) is 5.92 Å². The molecule has 49 heavy (non-hydrogen) atoms. The molecule has 0 rings (SSSR count). The maximum absolute atomic E-state index is 12.1. The van der Waals surface area contributed by atoms with Gasteiger partial charge in [-0.1, -0.05) is 171 Å². The third kappa shape index (κ3) is 36.7. The molecule has 2 N–H and O–H groups in total. The number of allylic oxidation sites excluding steroid dienone is 9. The maximum Gasteiger partial charge on any atom is 0.306 e. The molecule has 0 aromatic heterocycles. The molecule has 282 valence electrons. The largest absolute Gasteiger partial charge is 0.462 e.